The number of nitrogens with two attached hydrogens (primary N) is 1. The van der Waals surface area contributed by atoms with Gasteiger partial charge in [0, 0.05) is 23.3 Å². The molecule has 2 bridgehead atoms. The molecule has 0 amide bonds. The van der Waals surface area contributed by atoms with Crippen LogP contribution in [-0.4, -0.2) is 30.1 Å². The Morgan fingerprint density at radius 3 is 2.25 bits per heavy atom. The van der Waals surface area contributed by atoms with Gasteiger partial charge in [0.25, 0.3) is 0 Å². The topological polar surface area (TPSA) is 38.5 Å². The lowest BCUT2D eigenvalue weighted by molar-refractivity contribution is -0.0424. The van der Waals surface area contributed by atoms with E-state index in [1.807, 2.05) is 24.3 Å². The van der Waals surface area contributed by atoms with Crippen LogP contribution < -0.4 is 5.73 Å². The zero-order chi connectivity index (χ0) is 16.5. The highest BCUT2D eigenvalue weighted by Gasteiger charge is 2.39. The summed E-state index contributed by atoms with van der Waals surface area (Å²) >= 11 is 0. The van der Waals surface area contributed by atoms with Crippen molar-refractivity contribution in [3.05, 3.63) is 65.7 Å². The Hall–Kier alpha value is -1.84. The van der Waals surface area contributed by atoms with Gasteiger partial charge in [0.2, 0.25) is 0 Å². The number of hydrogen-bond donors (Lipinski definition) is 1. The molecule has 2 aliphatic rings. The summed E-state index contributed by atoms with van der Waals surface area (Å²) in [7, 11) is 2.27. The highest BCUT2D eigenvalue weighted by atomic mass is 16.5. The van der Waals surface area contributed by atoms with E-state index in [-0.39, 0.29) is 6.10 Å². The molecule has 3 nitrogen and oxygen atoms in total. The number of piperidine rings is 1. The molecule has 2 fully saturated rings. The van der Waals surface area contributed by atoms with Crippen LogP contribution in [0.4, 0.5) is 5.69 Å². The van der Waals surface area contributed by atoms with Gasteiger partial charge >= 0.3 is 0 Å². The number of fused-ring (bicyclic) bond motifs is 2. The smallest absolute Gasteiger partial charge is 0.110 e. The van der Waals surface area contributed by atoms with E-state index in [9.17, 15) is 0 Å². The van der Waals surface area contributed by atoms with Gasteiger partial charge in [-0.05, 0) is 44.4 Å². The van der Waals surface area contributed by atoms with Crippen molar-refractivity contribution in [2.75, 3.05) is 12.8 Å². The highest BCUT2D eigenvalue weighted by molar-refractivity contribution is 5.50. The van der Waals surface area contributed by atoms with Gasteiger partial charge in [-0.3, -0.25) is 0 Å². The van der Waals surface area contributed by atoms with E-state index in [4.69, 9.17) is 10.5 Å². The van der Waals surface area contributed by atoms with E-state index in [2.05, 4.69) is 42.3 Å². The lowest BCUT2D eigenvalue weighted by Gasteiger charge is -2.38. The zero-order valence-corrected chi connectivity index (χ0v) is 14.3. The number of nitrogens with zero attached hydrogens (tertiary/aromatic N) is 1. The average Bonchev–Trinajstić information content (AvgIpc) is 2.83. The molecule has 2 heterocycles. The second-order valence-corrected chi connectivity index (χ2v) is 7.20. The van der Waals surface area contributed by atoms with Crippen LogP contribution in [0.15, 0.2) is 54.6 Å². The Labute approximate surface area is 144 Å². The molecule has 2 aliphatic heterocycles. The minimum atomic E-state index is -0.0831. The first-order valence-corrected chi connectivity index (χ1v) is 8.99. The molecule has 2 saturated heterocycles. The second kappa shape index (κ2) is 6.58. The molecule has 0 aromatic heterocycles. The third-order valence-corrected chi connectivity index (χ3v) is 5.76. The molecule has 4 rings (SSSR count). The number of rotatable bonds is 4. The van der Waals surface area contributed by atoms with Gasteiger partial charge in [0.05, 0.1) is 6.10 Å². The van der Waals surface area contributed by atoms with Crippen LogP contribution in [0.25, 0.3) is 0 Å². The van der Waals surface area contributed by atoms with Crippen molar-refractivity contribution in [3.63, 3.8) is 0 Å². The first-order chi connectivity index (χ1) is 11.7. The Kier molecular flexibility index (Phi) is 4.30. The van der Waals surface area contributed by atoms with Crippen molar-refractivity contribution >= 4 is 5.69 Å². The summed E-state index contributed by atoms with van der Waals surface area (Å²) in [6.45, 7) is 0. The van der Waals surface area contributed by atoms with Crippen LogP contribution in [-0.2, 0) is 4.74 Å². The van der Waals surface area contributed by atoms with Gasteiger partial charge in [-0.25, -0.2) is 0 Å². The SMILES string of the molecule is CN1[C@@H]2CC[C@@H]1CC(OC(c1ccccc1)c1ccccc1N)C2. The molecule has 0 radical (unpaired) electrons. The molecule has 3 heteroatoms. The van der Waals surface area contributed by atoms with Gasteiger partial charge in [-0.15, -0.1) is 0 Å². The lowest BCUT2D eigenvalue weighted by atomic mass is 9.97. The quantitative estimate of drug-likeness (QED) is 0.865. The fourth-order valence-electron chi connectivity index (χ4n) is 4.37. The van der Waals surface area contributed by atoms with Gasteiger partial charge in [-0.2, -0.15) is 0 Å². The summed E-state index contributed by atoms with van der Waals surface area (Å²) in [5.74, 6) is 0. The molecule has 2 aromatic rings. The van der Waals surface area contributed by atoms with Crippen molar-refractivity contribution in [3.8, 4) is 0 Å². The Bertz CT molecular complexity index is 673. The van der Waals surface area contributed by atoms with E-state index in [0.717, 1.165) is 24.1 Å². The van der Waals surface area contributed by atoms with Crippen molar-refractivity contribution < 1.29 is 4.74 Å². The number of ether oxygens (including phenoxy) is 1. The molecular formula is C21H26N2O. The molecule has 2 aromatic carbocycles. The molecule has 2 N–H and O–H groups in total. The largest absolute Gasteiger partial charge is 0.398 e. The second-order valence-electron chi connectivity index (χ2n) is 7.20. The highest BCUT2D eigenvalue weighted by Crippen LogP contribution is 2.39. The van der Waals surface area contributed by atoms with Crippen LogP contribution in [0.5, 0.6) is 0 Å². The summed E-state index contributed by atoms with van der Waals surface area (Å²) in [6, 6.07) is 19.9. The molecule has 126 valence electrons. The number of benzene rings is 2. The Balaban J connectivity index is 1.61. The van der Waals surface area contributed by atoms with Crippen molar-refractivity contribution in [2.45, 2.75) is 50.0 Å². The van der Waals surface area contributed by atoms with Crippen molar-refractivity contribution in [1.82, 2.24) is 4.90 Å². The maximum atomic E-state index is 6.67. The normalized spacial score (nSPS) is 28.0. The van der Waals surface area contributed by atoms with E-state index in [0.29, 0.717) is 18.2 Å². The van der Waals surface area contributed by atoms with Crippen LogP contribution >= 0.6 is 0 Å². The minimum absolute atomic E-state index is 0.0831. The predicted molar refractivity (Wildman–Crippen MR) is 97.8 cm³/mol. The summed E-state index contributed by atoms with van der Waals surface area (Å²) in [6.07, 6.45) is 5.10. The van der Waals surface area contributed by atoms with E-state index < -0.39 is 0 Å². The van der Waals surface area contributed by atoms with Crippen LogP contribution in [0.3, 0.4) is 0 Å². The first kappa shape index (κ1) is 15.7. The fourth-order valence-corrected chi connectivity index (χ4v) is 4.37. The summed E-state index contributed by atoms with van der Waals surface area (Å²) in [5.41, 5.74) is 9.33. The molecule has 0 saturated carbocycles. The fraction of sp³-hybridized carbons (Fsp3) is 0.429. The molecule has 3 atom stereocenters. The van der Waals surface area contributed by atoms with Crippen LogP contribution in [0.1, 0.15) is 42.9 Å². The van der Waals surface area contributed by atoms with E-state index in [1.165, 1.54) is 18.4 Å². The van der Waals surface area contributed by atoms with Gasteiger partial charge in [-0.1, -0.05) is 48.5 Å². The third-order valence-electron chi connectivity index (χ3n) is 5.76. The molecule has 1 unspecified atom stereocenters. The standard InChI is InChI=1S/C21H26N2O/c1-23-16-11-12-17(23)14-18(13-16)24-21(15-7-3-2-4-8-15)19-9-5-6-10-20(19)22/h2-10,16-18,21H,11-14,22H2,1H3/t16-,17-,21?/m1/s1. The zero-order valence-electron chi connectivity index (χ0n) is 14.3. The molecule has 0 spiro atoms. The number of hydrogen-bond acceptors (Lipinski definition) is 3. The molecule has 24 heavy (non-hydrogen) atoms. The molecular weight excluding hydrogens is 296 g/mol. The average molecular weight is 322 g/mol. The number of anilines is 1. The Morgan fingerprint density at radius 1 is 0.958 bits per heavy atom. The van der Waals surface area contributed by atoms with Crippen LogP contribution in [0.2, 0.25) is 0 Å². The lowest BCUT2D eigenvalue weighted by Crippen LogP contribution is -2.43. The van der Waals surface area contributed by atoms with Crippen LogP contribution in [0, 0.1) is 0 Å². The van der Waals surface area contributed by atoms with Gasteiger partial charge in [0.1, 0.15) is 6.10 Å². The minimum Gasteiger partial charge on any atom is -0.398 e. The monoisotopic (exact) mass is 322 g/mol. The molecule has 0 aliphatic carbocycles. The van der Waals surface area contributed by atoms with E-state index >= 15 is 0 Å². The maximum Gasteiger partial charge on any atom is 0.110 e. The van der Waals surface area contributed by atoms with Crippen molar-refractivity contribution in [2.24, 2.45) is 0 Å². The third kappa shape index (κ3) is 2.94. The van der Waals surface area contributed by atoms with Crippen molar-refractivity contribution in [1.29, 1.82) is 0 Å². The van der Waals surface area contributed by atoms with E-state index in [1.54, 1.807) is 0 Å². The number of para-hydroxylation sites is 1. The van der Waals surface area contributed by atoms with Gasteiger partial charge in [0.15, 0.2) is 0 Å². The maximum absolute atomic E-state index is 6.67. The van der Waals surface area contributed by atoms with Gasteiger partial charge < -0.3 is 15.4 Å². The summed E-state index contributed by atoms with van der Waals surface area (Å²) in [4.78, 5) is 2.55. The predicted octanol–water partition coefficient (Wildman–Crippen LogP) is 4.00. The number of nitrogen functional groups attached to an aromatic ring is 1. The first-order valence-electron chi connectivity index (χ1n) is 8.99. The Morgan fingerprint density at radius 2 is 1.58 bits per heavy atom. The summed E-state index contributed by atoms with van der Waals surface area (Å²) < 4.78 is 6.67. The summed E-state index contributed by atoms with van der Waals surface area (Å²) in [5, 5.41) is 0.